The van der Waals surface area contributed by atoms with Gasteiger partial charge in [0.05, 0.1) is 17.8 Å². The van der Waals surface area contributed by atoms with Crippen molar-refractivity contribution < 1.29 is 4.79 Å². The van der Waals surface area contributed by atoms with Gasteiger partial charge in [0.15, 0.2) is 5.82 Å². The van der Waals surface area contributed by atoms with Gasteiger partial charge in [0.1, 0.15) is 0 Å². The lowest BCUT2D eigenvalue weighted by Crippen LogP contribution is -2.50. The number of benzene rings is 1. The van der Waals surface area contributed by atoms with E-state index in [1.807, 2.05) is 60.3 Å². The maximum absolute atomic E-state index is 13.0. The first-order chi connectivity index (χ1) is 12.6. The van der Waals surface area contributed by atoms with Crippen molar-refractivity contribution in [3.8, 4) is 0 Å². The number of hydrogen-bond donors (Lipinski definition) is 0. The van der Waals surface area contributed by atoms with E-state index in [0.29, 0.717) is 0 Å². The molecule has 0 N–H and O–H groups in total. The molecule has 1 aromatic heterocycles. The van der Waals surface area contributed by atoms with Crippen LogP contribution in [-0.4, -0.2) is 61.3 Å². The zero-order valence-corrected chi connectivity index (χ0v) is 15.8. The van der Waals surface area contributed by atoms with E-state index in [4.69, 9.17) is 0 Å². The Labute approximate surface area is 155 Å². The van der Waals surface area contributed by atoms with Crippen LogP contribution >= 0.6 is 0 Å². The fourth-order valence-electron chi connectivity index (χ4n) is 3.36. The first-order valence-corrected chi connectivity index (χ1v) is 9.19. The van der Waals surface area contributed by atoms with Crippen molar-refractivity contribution in [2.45, 2.75) is 19.3 Å². The topological polar surface area (TPSA) is 52.6 Å². The predicted molar refractivity (Wildman–Crippen MR) is 105 cm³/mol. The van der Waals surface area contributed by atoms with Crippen molar-refractivity contribution in [1.29, 1.82) is 0 Å². The Morgan fingerprint density at radius 3 is 2.46 bits per heavy atom. The van der Waals surface area contributed by atoms with Gasteiger partial charge in [0.25, 0.3) is 0 Å². The zero-order chi connectivity index (χ0) is 18.5. The van der Waals surface area contributed by atoms with Crippen LogP contribution in [0.5, 0.6) is 0 Å². The summed E-state index contributed by atoms with van der Waals surface area (Å²) in [6.45, 7) is 5.07. The second-order valence-corrected chi connectivity index (χ2v) is 6.85. The fraction of sp³-hybridized carbons (Fsp3) is 0.450. The van der Waals surface area contributed by atoms with Crippen LogP contribution in [0.2, 0.25) is 0 Å². The van der Waals surface area contributed by atoms with Gasteiger partial charge in [0.2, 0.25) is 5.91 Å². The molecule has 1 aromatic carbocycles. The molecule has 138 valence electrons. The molecule has 2 aromatic rings. The number of amides is 1. The van der Waals surface area contributed by atoms with Gasteiger partial charge in [-0.1, -0.05) is 37.3 Å². The normalized spacial score (nSPS) is 15.7. The molecule has 0 saturated carbocycles. The van der Waals surface area contributed by atoms with Crippen molar-refractivity contribution >= 4 is 17.4 Å². The Hall–Kier alpha value is -2.63. The lowest BCUT2D eigenvalue weighted by Gasteiger charge is -2.37. The summed E-state index contributed by atoms with van der Waals surface area (Å²) in [5, 5.41) is 8.36. The summed E-state index contributed by atoms with van der Waals surface area (Å²) in [6.07, 6.45) is 2.58. The molecule has 6 heteroatoms. The van der Waals surface area contributed by atoms with Crippen LogP contribution in [0.3, 0.4) is 0 Å². The molecule has 3 rings (SSSR count). The van der Waals surface area contributed by atoms with Crippen LogP contribution in [0, 0.1) is 0 Å². The van der Waals surface area contributed by atoms with Gasteiger partial charge in [-0.3, -0.25) is 4.79 Å². The number of rotatable bonds is 5. The minimum atomic E-state index is -0.0559. The van der Waals surface area contributed by atoms with Crippen LogP contribution in [0.15, 0.2) is 42.6 Å². The molecule has 0 bridgehead atoms. The average Bonchev–Trinajstić information content (AvgIpc) is 2.69. The molecule has 0 spiro atoms. The molecule has 2 heterocycles. The Morgan fingerprint density at radius 2 is 1.85 bits per heavy atom. The molecule has 0 radical (unpaired) electrons. The van der Waals surface area contributed by atoms with Crippen molar-refractivity contribution in [2.75, 3.05) is 50.1 Å². The highest BCUT2D eigenvalue weighted by molar-refractivity contribution is 5.84. The van der Waals surface area contributed by atoms with Crippen LogP contribution < -0.4 is 9.80 Å². The monoisotopic (exact) mass is 353 g/mol. The molecule has 0 aliphatic carbocycles. The summed E-state index contributed by atoms with van der Waals surface area (Å²) in [4.78, 5) is 19.2. The molecular weight excluding hydrogens is 326 g/mol. The highest BCUT2D eigenvalue weighted by atomic mass is 16.2. The molecule has 0 unspecified atom stereocenters. The standard InChI is InChI=1S/C20H27N5O/c1-4-18(16-8-6-5-7-9-16)20(26)25-12-10-24(11-13-25)19-14-17(23(2)3)15-21-22-19/h5-9,14-15,18H,4,10-13H2,1-3H3/t18-/m0/s1. The number of piperazine rings is 1. The zero-order valence-electron chi connectivity index (χ0n) is 15.8. The molecule has 1 saturated heterocycles. The van der Waals surface area contributed by atoms with Crippen molar-refractivity contribution in [3.05, 3.63) is 48.2 Å². The van der Waals surface area contributed by atoms with Crippen LogP contribution in [-0.2, 0) is 4.79 Å². The van der Waals surface area contributed by atoms with E-state index in [-0.39, 0.29) is 11.8 Å². The molecule has 1 amide bonds. The van der Waals surface area contributed by atoms with Gasteiger partial charge in [-0.05, 0) is 12.0 Å². The third-order valence-electron chi connectivity index (χ3n) is 4.97. The quantitative estimate of drug-likeness (QED) is 0.826. The summed E-state index contributed by atoms with van der Waals surface area (Å²) in [7, 11) is 3.98. The van der Waals surface area contributed by atoms with Crippen molar-refractivity contribution in [1.82, 2.24) is 15.1 Å². The number of anilines is 2. The summed E-state index contributed by atoms with van der Waals surface area (Å²) in [6, 6.07) is 12.1. The van der Waals surface area contributed by atoms with Crippen LogP contribution in [0.4, 0.5) is 11.5 Å². The van der Waals surface area contributed by atoms with Crippen LogP contribution in [0.25, 0.3) is 0 Å². The molecule has 1 fully saturated rings. The summed E-state index contributed by atoms with van der Waals surface area (Å²) in [5.74, 6) is 1.05. The Bertz CT molecular complexity index is 726. The first kappa shape index (κ1) is 18.2. The van der Waals surface area contributed by atoms with Gasteiger partial charge in [-0.15, -0.1) is 5.10 Å². The predicted octanol–water partition coefficient (Wildman–Crippen LogP) is 2.38. The van der Waals surface area contributed by atoms with Gasteiger partial charge < -0.3 is 14.7 Å². The van der Waals surface area contributed by atoms with E-state index in [9.17, 15) is 4.79 Å². The van der Waals surface area contributed by atoms with Gasteiger partial charge in [-0.25, -0.2) is 0 Å². The van der Waals surface area contributed by atoms with E-state index in [2.05, 4.69) is 22.0 Å². The van der Waals surface area contributed by atoms with Crippen LogP contribution in [0.1, 0.15) is 24.8 Å². The molecule has 1 atom stereocenters. The minimum absolute atomic E-state index is 0.0559. The number of carbonyl (C=O) groups excluding carboxylic acids is 1. The maximum atomic E-state index is 13.0. The maximum Gasteiger partial charge on any atom is 0.230 e. The van der Waals surface area contributed by atoms with Crippen molar-refractivity contribution in [2.24, 2.45) is 0 Å². The second-order valence-electron chi connectivity index (χ2n) is 6.85. The largest absolute Gasteiger partial charge is 0.376 e. The highest BCUT2D eigenvalue weighted by Gasteiger charge is 2.28. The second kappa shape index (κ2) is 8.17. The Balaban J connectivity index is 1.64. The van der Waals surface area contributed by atoms with Gasteiger partial charge >= 0.3 is 0 Å². The van der Waals surface area contributed by atoms with E-state index in [1.54, 1.807) is 6.20 Å². The lowest BCUT2D eigenvalue weighted by molar-refractivity contribution is -0.133. The minimum Gasteiger partial charge on any atom is -0.376 e. The highest BCUT2D eigenvalue weighted by Crippen LogP contribution is 2.24. The molecule has 1 aliphatic heterocycles. The van der Waals surface area contributed by atoms with E-state index in [0.717, 1.165) is 49.7 Å². The Morgan fingerprint density at radius 1 is 1.15 bits per heavy atom. The third kappa shape index (κ3) is 3.95. The number of hydrogen-bond acceptors (Lipinski definition) is 5. The fourth-order valence-corrected chi connectivity index (χ4v) is 3.36. The third-order valence-corrected chi connectivity index (χ3v) is 4.97. The lowest BCUT2D eigenvalue weighted by atomic mass is 9.95. The van der Waals surface area contributed by atoms with E-state index in [1.165, 1.54) is 0 Å². The molecule has 1 aliphatic rings. The smallest absolute Gasteiger partial charge is 0.230 e. The van der Waals surface area contributed by atoms with Gasteiger partial charge in [-0.2, -0.15) is 5.10 Å². The Kier molecular flexibility index (Phi) is 5.71. The van der Waals surface area contributed by atoms with Crippen molar-refractivity contribution in [3.63, 3.8) is 0 Å². The molecule has 26 heavy (non-hydrogen) atoms. The summed E-state index contributed by atoms with van der Waals surface area (Å²) in [5.41, 5.74) is 2.13. The number of carbonyl (C=O) groups is 1. The summed E-state index contributed by atoms with van der Waals surface area (Å²) >= 11 is 0. The van der Waals surface area contributed by atoms with E-state index < -0.39 is 0 Å². The number of aromatic nitrogens is 2. The van der Waals surface area contributed by atoms with E-state index >= 15 is 0 Å². The molecule has 6 nitrogen and oxygen atoms in total. The summed E-state index contributed by atoms with van der Waals surface area (Å²) < 4.78 is 0. The SMILES string of the molecule is CC[C@H](C(=O)N1CCN(c2cc(N(C)C)cnn2)CC1)c1ccccc1. The number of nitrogens with zero attached hydrogens (tertiary/aromatic N) is 5. The first-order valence-electron chi connectivity index (χ1n) is 9.19. The molecular formula is C20H27N5O. The average molecular weight is 353 g/mol. The van der Waals surface area contributed by atoms with Gasteiger partial charge in [0, 0.05) is 46.3 Å².